The van der Waals surface area contributed by atoms with Crippen LogP contribution in [0.5, 0.6) is 0 Å². The zero-order valence-corrected chi connectivity index (χ0v) is 13.7. The maximum absolute atomic E-state index is 12.3. The number of carbonyl (C=O) groups is 1. The van der Waals surface area contributed by atoms with Gasteiger partial charge in [0.25, 0.3) is 5.91 Å². The van der Waals surface area contributed by atoms with E-state index in [0.717, 1.165) is 10.2 Å². The van der Waals surface area contributed by atoms with Crippen molar-refractivity contribution in [3.8, 4) is 5.69 Å². The van der Waals surface area contributed by atoms with Gasteiger partial charge in [0.15, 0.2) is 0 Å². The van der Waals surface area contributed by atoms with E-state index in [4.69, 9.17) is 11.6 Å². The van der Waals surface area contributed by atoms with Crippen LogP contribution in [-0.2, 0) is 0 Å². The van der Waals surface area contributed by atoms with E-state index in [2.05, 4.69) is 26.2 Å². The molecule has 0 fully saturated rings. The lowest BCUT2D eigenvalue weighted by Crippen LogP contribution is -2.12. The average Bonchev–Trinajstić information content (AvgIpc) is 3.05. The third kappa shape index (κ3) is 3.21. The summed E-state index contributed by atoms with van der Waals surface area (Å²) in [6.45, 7) is 0. The Labute approximate surface area is 140 Å². The van der Waals surface area contributed by atoms with Crippen LogP contribution in [-0.4, -0.2) is 15.5 Å². The predicted octanol–water partition coefficient (Wildman–Crippen LogP) is 4.54. The molecule has 1 amide bonds. The van der Waals surface area contributed by atoms with Crippen LogP contribution in [0.4, 0.5) is 5.69 Å². The van der Waals surface area contributed by atoms with Crippen LogP contribution >= 0.6 is 27.5 Å². The minimum absolute atomic E-state index is 0.248. The highest BCUT2D eigenvalue weighted by Gasteiger charge is 2.11. The van der Waals surface area contributed by atoms with E-state index in [1.165, 1.54) is 0 Å². The summed E-state index contributed by atoms with van der Waals surface area (Å²) in [5, 5.41) is 3.24. The molecule has 1 heterocycles. The molecule has 0 aliphatic rings. The first kappa shape index (κ1) is 14.8. The van der Waals surface area contributed by atoms with Gasteiger partial charge in [0.2, 0.25) is 0 Å². The van der Waals surface area contributed by atoms with Crippen molar-refractivity contribution in [2.24, 2.45) is 0 Å². The normalized spacial score (nSPS) is 10.5. The molecule has 0 unspecified atom stereocenters. The molecule has 1 aromatic heterocycles. The number of imidazole rings is 1. The highest BCUT2D eigenvalue weighted by atomic mass is 79.9. The van der Waals surface area contributed by atoms with Crippen LogP contribution in [0.3, 0.4) is 0 Å². The summed E-state index contributed by atoms with van der Waals surface area (Å²) in [5.41, 5.74) is 2.09. The molecule has 110 valence electrons. The highest BCUT2D eigenvalue weighted by molar-refractivity contribution is 9.10. The lowest BCUT2D eigenvalue weighted by Gasteiger charge is -2.08. The fourth-order valence-corrected chi connectivity index (χ4v) is 2.56. The molecule has 4 nitrogen and oxygen atoms in total. The highest BCUT2D eigenvalue weighted by Crippen LogP contribution is 2.22. The number of benzene rings is 2. The molecule has 0 saturated heterocycles. The van der Waals surface area contributed by atoms with Gasteiger partial charge in [0.1, 0.15) is 0 Å². The Balaban J connectivity index is 1.78. The molecule has 3 aromatic rings. The van der Waals surface area contributed by atoms with Gasteiger partial charge in [-0.1, -0.05) is 27.5 Å². The number of anilines is 1. The summed E-state index contributed by atoms with van der Waals surface area (Å²) >= 11 is 9.39. The molecule has 3 rings (SSSR count). The van der Waals surface area contributed by atoms with Crippen LogP contribution in [0.15, 0.2) is 65.7 Å². The van der Waals surface area contributed by atoms with Crippen LogP contribution in [0, 0.1) is 0 Å². The van der Waals surface area contributed by atoms with E-state index in [0.29, 0.717) is 16.3 Å². The van der Waals surface area contributed by atoms with E-state index >= 15 is 0 Å². The Morgan fingerprint density at radius 1 is 1.18 bits per heavy atom. The predicted molar refractivity (Wildman–Crippen MR) is 90.7 cm³/mol. The Kier molecular flexibility index (Phi) is 4.27. The SMILES string of the molecule is O=C(Nc1ccc(-n2ccnc2)cc1)c1cc(Br)ccc1Cl. The van der Waals surface area contributed by atoms with E-state index in [9.17, 15) is 4.79 Å². The summed E-state index contributed by atoms with van der Waals surface area (Å²) in [4.78, 5) is 16.3. The summed E-state index contributed by atoms with van der Waals surface area (Å²) in [6, 6.07) is 12.6. The second-order valence-corrected chi connectivity index (χ2v) is 5.92. The van der Waals surface area contributed by atoms with E-state index in [-0.39, 0.29) is 5.91 Å². The molecule has 0 aliphatic carbocycles. The summed E-state index contributed by atoms with van der Waals surface area (Å²) in [7, 11) is 0. The maximum Gasteiger partial charge on any atom is 0.257 e. The Hall–Kier alpha value is -2.11. The zero-order chi connectivity index (χ0) is 15.5. The van der Waals surface area contributed by atoms with Gasteiger partial charge in [0.05, 0.1) is 16.9 Å². The first-order valence-electron chi connectivity index (χ1n) is 6.48. The summed E-state index contributed by atoms with van der Waals surface area (Å²) in [5.74, 6) is -0.248. The van der Waals surface area contributed by atoms with Crippen LogP contribution in [0.25, 0.3) is 5.69 Å². The van der Waals surface area contributed by atoms with Crippen molar-refractivity contribution in [1.82, 2.24) is 9.55 Å². The summed E-state index contributed by atoms with van der Waals surface area (Å²) < 4.78 is 2.69. The number of carbonyl (C=O) groups excluding carboxylic acids is 1. The number of nitrogens with zero attached hydrogens (tertiary/aromatic N) is 2. The number of hydrogen-bond acceptors (Lipinski definition) is 2. The van der Waals surface area contributed by atoms with Gasteiger partial charge in [-0.3, -0.25) is 4.79 Å². The quantitative estimate of drug-likeness (QED) is 0.729. The molecule has 0 atom stereocenters. The maximum atomic E-state index is 12.3. The fraction of sp³-hybridized carbons (Fsp3) is 0. The first-order valence-corrected chi connectivity index (χ1v) is 7.65. The van der Waals surface area contributed by atoms with Gasteiger partial charge >= 0.3 is 0 Å². The smallest absolute Gasteiger partial charge is 0.257 e. The van der Waals surface area contributed by atoms with E-state index in [1.54, 1.807) is 30.7 Å². The van der Waals surface area contributed by atoms with Crippen molar-refractivity contribution in [3.05, 3.63) is 76.2 Å². The fourth-order valence-electron chi connectivity index (χ4n) is 2.00. The Bertz CT molecular complexity index is 801. The molecule has 0 aliphatic heterocycles. The standard InChI is InChI=1S/C16H11BrClN3O/c17-11-1-6-15(18)14(9-11)16(22)20-12-2-4-13(5-3-12)21-8-7-19-10-21/h1-10H,(H,20,22). The van der Waals surface area contributed by atoms with Gasteiger partial charge < -0.3 is 9.88 Å². The monoisotopic (exact) mass is 375 g/mol. The average molecular weight is 377 g/mol. The third-order valence-corrected chi connectivity index (χ3v) is 3.92. The molecule has 0 radical (unpaired) electrons. The minimum atomic E-state index is -0.248. The molecule has 0 bridgehead atoms. The molecule has 2 aromatic carbocycles. The second kappa shape index (κ2) is 6.34. The van der Waals surface area contributed by atoms with Crippen molar-refractivity contribution in [3.63, 3.8) is 0 Å². The van der Waals surface area contributed by atoms with Gasteiger partial charge in [-0.15, -0.1) is 0 Å². The van der Waals surface area contributed by atoms with Crippen molar-refractivity contribution >= 4 is 39.1 Å². The van der Waals surface area contributed by atoms with Gasteiger partial charge in [-0.25, -0.2) is 4.98 Å². The number of amides is 1. The first-order chi connectivity index (χ1) is 10.6. The van der Waals surface area contributed by atoms with Gasteiger partial charge in [0, 0.05) is 28.2 Å². The minimum Gasteiger partial charge on any atom is -0.322 e. The lowest BCUT2D eigenvalue weighted by atomic mass is 10.2. The number of hydrogen-bond donors (Lipinski definition) is 1. The Morgan fingerprint density at radius 2 is 1.95 bits per heavy atom. The van der Waals surface area contributed by atoms with Crippen molar-refractivity contribution in [2.75, 3.05) is 5.32 Å². The molecule has 0 saturated carbocycles. The van der Waals surface area contributed by atoms with E-state index in [1.807, 2.05) is 35.0 Å². The number of rotatable bonds is 3. The van der Waals surface area contributed by atoms with Gasteiger partial charge in [-0.05, 0) is 42.5 Å². The molecule has 1 N–H and O–H groups in total. The van der Waals surface area contributed by atoms with Crippen molar-refractivity contribution in [1.29, 1.82) is 0 Å². The van der Waals surface area contributed by atoms with Crippen LogP contribution < -0.4 is 5.32 Å². The Morgan fingerprint density at radius 3 is 2.64 bits per heavy atom. The van der Waals surface area contributed by atoms with Crippen LogP contribution in [0.2, 0.25) is 5.02 Å². The zero-order valence-electron chi connectivity index (χ0n) is 11.3. The largest absolute Gasteiger partial charge is 0.322 e. The van der Waals surface area contributed by atoms with Crippen molar-refractivity contribution < 1.29 is 4.79 Å². The summed E-state index contributed by atoms with van der Waals surface area (Å²) in [6.07, 6.45) is 5.29. The van der Waals surface area contributed by atoms with E-state index < -0.39 is 0 Å². The lowest BCUT2D eigenvalue weighted by molar-refractivity contribution is 0.102. The van der Waals surface area contributed by atoms with Crippen LogP contribution in [0.1, 0.15) is 10.4 Å². The molecular weight excluding hydrogens is 366 g/mol. The second-order valence-electron chi connectivity index (χ2n) is 4.60. The molecule has 6 heteroatoms. The molecular formula is C16H11BrClN3O. The molecule has 0 spiro atoms. The topological polar surface area (TPSA) is 46.9 Å². The molecule has 22 heavy (non-hydrogen) atoms. The number of aromatic nitrogens is 2. The number of nitrogens with one attached hydrogen (secondary N) is 1. The van der Waals surface area contributed by atoms with Gasteiger partial charge in [-0.2, -0.15) is 0 Å². The van der Waals surface area contributed by atoms with Crippen molar-refractivity contribution in [2.45, 2.75) is 0 Å². The third-order valence-electron chi connectivity index (χ3n) is 3.10. The number of halogens is 2.